The quantitative estimate of drug-likeness (QED) is 0.900. The van der Waals surface area contributed by atoms with Crippen LogP contribution < -0.4 is 9.47 Å². The van der Waals surface area contributed by atoms with E-state index in [2.05, 4.69) is 0 Å². The summed E-state index contributed by atoms with van der Waals surface area (Å²) in [4.78, 5) is 0. The molecule has 0 fully saturated rings. The molecular formula is C15H15FO3. The number of aliphatic hydroxyl groups excluding tert-OH is 1. The van der Waals surface area contributed by atoms with Crippen LogP contribution >= 0.6 is 0 Å². The Kier molecular flexibility index (Phi) is 4.36. The second kappa shape index (κ2) is 6.20. The zero-order valence-corrected chi connectivity index (χ0v) is 10.5. The van der Waals surface area contributed by atoms with Crippen molar-refractivity contribution >= 4 is 0 Å². The van der Waals surface area contributed by atoms with E-state index in [9.17, 15) is 9.50 Å². The van der Waals surface area contributed by atoms with Gasteiger partial charge in [-0.05, 0) is 29.8 Å². The normalized spacial score (nSPS) is 11.9. The van der Waals surface area contributed by atoms with Gasteiger partial charge in [-0.15, -0.1) is 0 Å². The van der Waals surface area contributed by atoms with Crippen LogP contribution in [0.2, 0.25) is 0 Å². The lowest BCUT2D eigenvalue weighted by molar-refractivity contribution is 0.108. The molecule has 2 aromatic carbocycles. The van der Waals surface area contributed by atoms with Gasteiger partial charge in [-0.3, -0.25) is 0 Å². The van der Waals surface area contributed by atoms with Crippen molar-refractivity contribution in [3.63, 3.8) is 0 Å². The van der Waals surface area contributed by atoms with E-state index in [4.69, 9.17) is 9.47 Å². The van der Waals surface area contributed by atoms with Gasteiger partial charge in [0.1, 0.15) is 30.0 Å². The Morgan fingerprint density at radius 2 is 1.79 bits per heavy atom. The zero-order valence-electron chi connectivity index (χ0n) is 10.5. The third-order valence-electron chi connectivity index (χ3n) is 2.70. The fourth-order valence-electron chi connectivity index (χ4n) is 1.65. The molecule has 0 aliphatic rings. The molecule has 0 spiro atoms. The Hall–Kier alpha value is -2.07. The van der Waals surface area contributed by atoms with Crippen molar-refractivity contribution in [3.05, 3.63) is 59.9 Å². The highest BCUT2D eigenvalue weighted by molar-refractivity contribution is 5.33. The zero-order chi connectivity index (χ0) is 13.7. The highest BCUT2D eigenvalue weighted by Gasteiger charge is 2.08. The number of hydrogen-bond acceptors (Lipinski definition) is 3. The first-order chi connectivity index (χ1) is 9.19. The molecule has 0 aromatic heterocycles. The number of rotatable bonds is 5. The predicted molar refractivity (Wildman–Crippen MR) is 69.8 cm³/mol. The highest BCUT2D eigenvalue weighted by Crippen LogP contribution is 2.21. The standard InChI is InChI=1S/C15H15FO3/c1-18-13-3-2-4-14(9-13)19-10-15(17)11-5-7-12(16)8-6-11/h2-9,15,17H,10H2,1H3. The molecule has 19 heavy (non-hydrogen) atoms. The molecule has 1 unspecified atom stereocenters. The molecule has 0 saturated heterocycles. The minimum Gasteiger partial charge on any atom is -0.497 e. The summed E-state index contributed by atoms with van der Waals surface area (Å²) in [5.41, 5.74) is 0.615. The molecule has 0 heterocycles. The summed E-state index contributed by atoms with van der Waals surface area (Å²) in [5, 5.41) is 9.92. The molecule has 0 aliphatic heterocycles. The van der Waals surface area contributed by atoms with E-state index < -0.39 is 6.10 Å². The van der Waals surface area contributed by atoms with Crippen LogP contribution in [0.4, 0.5) is 4.39 Å². The Morgan fingerprint density at radius 1 is 1.11 bits per heavy atom. The van der Waals surface area contributed by atoms with Crippen LogP contribution in [0.5, 0.6) is 11.5 Å². The van der Waals surface area contributed by atoms with E-state index in [-0.39, 0.29) is 12.4 Å². The maximum absolute atomic E-state index is 12.8. The van der Waals surface area contributed by atoms with Gasteiger partial charge in [0.05, 0.1) is 7.11 Å². The number of ether oxygens (including phenoxy) is 2. The minimum atomic E-state index is -0.799. The third-order valence-corrected chi connectivity index (χ3v) is 2.70. The average Bonchev–Trinajstić information content (AvgIpc) is 2.46. The summed E-state index contributed by atoms with van der Waals surface area (Å²) >= 11 is 0. The third kappa shape index (κ3) is 3.69. The van der Waals surface area contributed by atoms with E-state index >= 15 is 0 Å². The molecule has 2 rings (SSSR count). The number of halogens is 1. The predicted octanol–water partition coefficient (Wildman–Crippen LogP) is 2.95. The fraction of sp³-hybridized carbons (Fsp3) is 0.200. The van der Waals surface area contributed by atoms with Gasteiger partial charge >= 0.3 is 0 Å². The molecule has 1 atom stereocenters. The molecule has 0 bridgehead atoms. The first kappa shape index (κ1) is 13.4. The Labute approximate surface area is 111 Å². The number of benzene rings is 2. The lowest BCUT2D eigenvalue weighted by Gasteiger charge is -2.13. The van der Waals surface area contributed by atoms with Crippen LogP contribution in [0.25, 0.3) is 0 Å². The van der Waals surface area contributed by atoms with Crippen molar-refractivity contribution < 1.29 is 19.0 Å². The largest absolute Gasteiger partial charge is 0.497 e. The van der Waals surface area contributed by atoms with Gasteiger partial charge in [0, 0.05) is 6.07 Å². The molecule has 0 saturated carbocycles. The number of aliphatic hydroxyl groups is 1. The monoisotopic (exact) mass is 262 g/mol. The highest BCUT2D eigenvalue weighted by atomic mass is 19.1. The van der Waals surface area contributed by atoms with Crippen molar-refractivity contribution in [1.29, 1.82) is 0 Å². The molecule has 2 aromatic rings. The van der Waals surface area contributed by atoms with E-state index in [0.29, 0.717) is 17.1 Å². The first-order valence-corrected chi connectivity index (χ1v) is 5.89. The Bertz CT molecular complexity index is 525. The second-order valence-corrected chi connectivity index (χ2v) is 4.06. The van der Waals surface area contributed by atoms with Gasteiger partial charge in [0.15, 0.2) is 0 Å². The Morgan fingerprint density at radius 3 is 2.47 bits per heavy atom. The lowest BCUT2D eigenvalue weighted by atomic mass is 10.1. The van der Waals surface area contributed by atoms with Gasteiger partial charge in [0.25, 0.3) is 0 Å². The van der Waals surface area contributed by atoms with Gasteiger partial charge in [-0.25, -0.2) is 4.39 Å². The lowest BCUT2D eigenvalue weighted by Crippen LogP contribution is -2.09. The van der Waals surface area contributed by atoms with E-state index in [0.717, 1.165) is 0 Å². The first-order valence-electron chi connectivity index (χ1n) is 5.89. The van der Waals surface area contributed by atoms with Crippen LogP contribution in [-0.4, -0.2) is 18.8 Å². The van der Waals surface area contributed by atoms with Crippen LogP contribution in [0.15, 0.2) is 48.5 Å². The van der Waals surface area contributed by atoms with Crippen molar-refractivity contribution in [2.75, 3.05) is 13.7 Å². The number of hydrogen-bond donors (Lipinski definition) is 1. The van der Waals surface area contributed by atoms with Crippen LogP contribution in [0.1, 0.15) is 11.7 Å². The van der Waals surface area contributed by atoms with Gasteiger partial charge in [-0.1, -0.05) is 18.2 Å². The molecule has 0 aliphatic carbocycles. The van der Waals surface area contributed by atoms with Gasteiger partial charge in [0.2, 0.25) is 0 Å². The van der Waals surface area contributed by atoms with Crippen molar-refractivity contribution in [2.45, 2.75) is 6.10 Å². The van der Waals surface area contributed by atoms with Crippen molar-refractivity contribution in [1.82, 2.24) is 0 Å². The molecule has 0 radical (unpaired) electrons. The van der Waals surface area contributed by atoms with Crippen LogP contribution in [0.3, 0.4) is 0 Å². The average molecular weight is 262 g/mol. The second-order valence-electron chi connectivity index (χ2n) is 4.06. The molecule has 100 valence electrons. The minimum absolute atomic E-state index is 0.0960. The maximum atomic E-state index is 12.8. The summed E-state index contributed by atoms with van der Waals surface area (Å²) in [6.45, 7) is 0.0960. The topological polar surface area (TPSA) is 38.7 Å². The molecule has 4 heteroatoms. The van der Waals surface area contributed by atoms with E-state index in [1.165, 1.54) is 24.3 Å². The van der Waals surface area contributed by atoms with Crippen LogP contribution in [0, 0.1) is 5.82 Å². The summed E-state index contributed by atoms with van der Waals surface area (Å²) < 4.78 is 23.3. The summed E-state index contributed by atoms with van der Waals surface area (Å²) in [7, 11) is 1.58. The number of methoxy groups -OCH3 is 1. The SMILES string of the molecule is COc1cccc(OCC(O)c2ccc(F)cc2)c1. The summed E-state index contributed by atoms with van der Waals surface area (Å²) in [5.74, 6) is 0.971. The molecular weight excluding hydrogens is 247 g/mol. The van der Waals surface area contributed by atoms with Gasteiger partial charge < -0.3 is 14.6 Å². The summed E-state index contributed by atoms with van der Waals surface area (Å²) in [6.07, 6.45) is -0.799. The summed E-state index contributed by atoms with van der Waals surface area (Å²) in [6, 6.07) is 12.8. The molecule has 0 amide bonds. The maximum Gasteiger partial charge on any atom is 0.123 e. The van der Waals surface area contributed by atoms with Crippen molar-refractivity contribution in [3.8, 4) is 11.5 Å². The van der Waals surface area contributed by atoms with E-state index in [1.807, 2.05) is 6.07 Å². The Balaban J connectivity index is 1.96. The van der Waals surface area contributed by atoms with E-state index in [1.54, 1.807) is 25.3 Å². The van der Waals surface area contributed by atoms with Crippen molar-refractivity contribution in [2.24, 2.45) is 0 Å². The fourth-order valence-corrected chi connectivity index (χ4v) is 1.65. The smallest absolute Gasteiger partial charge is 0.123 e. The molecule has 3 nitrogen and oxygen atoms in total. The molecule has 1 N–H and O–H groups in total. The van der Waals surface area contributed by atoms with Crippen LogP contribution in [-0.2, 0) is 0 Å². The van der Waals surface area contributed by atoms with Gasteiger partial charge in [-0.2, -0.15) is 0 Å².